The van der Waals surface area contributed by atoms with E-state index in [1.54, 1.807) is 18.3 Å². The molecule has 1 fully saturated rings. The molecule has 3 rings (SSSR count). The Kier molecular flexibility index (Phi) is 6.08. The summed E-state index contributed by atoms with van der Waals surface area (Å²) in [5.74, 6) is -0.00216. The molecule has 0 saturated heterocycles. The van der Waals surface area contributed by atoms with Gasteiger partial charge < -0.3 is 5.73 Å². The van der Waals surface area contributed by atoms with E-state index in [1.165, 1.54) is 13.0 Å². The van der Waals surface area contributed by atoms with Gasteiger partial charge >= 0.3 is 6.18 Å². The Hall–Kier alpha value is -1.84. The Balaban J connectivity index is 0.00000261. The summed E-state index contributed by atoms with van der Waals surface area (Å²) in [6, 6.07) is 6.58. The van der Waals surface area contributed by atoms with Crippen molar-refractivity contribution in [1.82, 2.24) is 4.98 Å². The number of aromatic nitrogens is 1. The molecule has 3 N–H and O–H groups in total. The minimum absolute atomic E-state index is 0. The van der Waals surface area contributed by atoms with Crippen molar-refractivity contribution in [3.63, 3.8) is 0 Å². The number of benzene rings is 1. The van der Waals surface area contributed by atoms with Gasteiger partial charge in [0.25, 0.3) is 0 Å². The maximum atomic E-state index is 13.2. The number of rotatable bonds is 5. The van der Waals surface area contributed by atoms with Crippen LogP contribution in [0.2, 0.25) is 0 Å². The monoisotopic (exact) mass is 421 g/mol. The highest BCUT2D eigenvalue weighted by Crippen LogP contribution is 2.39. The lowest BCUT2D eigenvalue weighted by Gasteiger charge is -2.13. The molecule has 1 heterocycles. The van der Waals surface area contributed by atoms with E-state index in [2.05, 4.69) is 9.71 Å². The molecule has 0 unspecified atom stereocenters. The highest BCUT2D eigenvalue weighted by Gasteiger charge is 2.35. The lowest BCUT2D eigenvalue weighted by atomic mass is 10.0. The quantitative estimate of drug-likeness (QED) is 0.769. The highest BCUT2D eigenvalue weighted by atomic mass is 35.5. The van der Waals surface area contributed by atoms with Gasteiger partial charge in [-0.2, -0.15) is 13.2 Å². The van der Waals surface area contributed by atoms with Crippen molar-refractivity contribution in [3.05, 3.63) is 47.7 Å². The average molecular weight is 422 g/mol. The second-order valence-corrected chi connectivity index (χ2v) is 8.30. The van der Waals surface area contributed by atoms with Gasteiger partial charge in [-0.1, -0.05) is 6.07 Å². The van der Waals surface area contributed by atoms with Crippen molar-refractivity contribution < 1.29 is 21.6 Å². The first-order chi connectivity index (χ1) is 12.1. The first kappa shape index (κ1) is 21.5. The fraction of sp³-hybridized carbons (Fsp3) is 0.353. The number of halogens is 4. The van der Waals surface area contributed by atoms with Gasteiger partial charge in [0.1, 0.15) is 0 Å². The van der Waals surface area contributed by atoms with Crippen LogP contribution in [0, 0.1) is 0 Å². The van der Waals surface area contributed by atoms with Crippen molar-refractivity contribution in [2.75, 3.05) is 10.5 Å². The summed E-state index contributed by atoms with van der Waals surface area (Å²) in [7, 11) is -3.70. The Morgan fingerprint density at radius 1 is 1.26 bits per heavy atom. The molecule has 148 valence electrons. The Bertz CT molecular complexity index is 918. The predicted octanol–water partition coefficient (Wildman–Crippen LogP) is 3.77. The fourth-order valence-corrected chi connectivity index (χ4v) is 3.26. The largest absolute Gasteiger partial charge is 0.416 e. The zero-order valence-electron chi connectivity index (χ0n) is 14.3. The van der Waals surface area contributed by atoms with E-state index in [1.807, 2.05) is 0 Å². The molecule has 1 aliphatic rings. The van der Waals surface area contributed by atoms with E-state index in [0.29, 0.717) is 5.69 Å². The minimum atomic E-state index is -4.61. The van der Waals surface area contributed by atoms with Crippen LogP contribution in [0.15, 0.2) is 36.5 Å². The molecule has 0 amide bonds. The molecule has 27 heavy (non-hydrogen) atoms. The third-order valence-electron chi connectivity index (χ3n) is 4.26. The summed E-state index contributed by atoms with van der Waals surface area (Å²) in [6.45, 7) is 1.40. The molecule has 2 atom stereocenters. The van der Waals surface area contributed by atoms with Crippen molar-refractivity contribution >= 4 is 28.1 Å². The van der Waals surface area contributed by atoms with E-state index >= 15 is 0 Å². The van der Waals surface area contributed by atoms with E-state index in [-0.39, 0.29) is 41.4 Å². The van der Waals surface area contributed by atoms with Crippen LogP contribution < -0.4 is 10.5 Å². The number of nitrogens with zero attached hydrogens (tertiary/aromatic N) is 1. The molecular formula is C17H19ClF3N3O2S. The third-order valence-corrected chi connectivity index (χ3v) is 5.57. The lowest BCUT2D eigenvalue weighted by Crippen LogP contribution is -2.15. The summed E-state index contributed by atoms with van der Waals surface area (Å²) < 4.78 is 65.2. The van der Waals surface area contributed by atoms with Crippen LogP contribution in [0.25, 0.3) is 11.3 Å². The van der Waals surface area contributed by atoms with Gasteiger partial charge in [0, 0.05) is 29.4 Å². The van der Waals surface area contributed by atoms with Gasteiger partial charge in [-0.25, -0.2) is 8.42 Å². The Morgan fingerprint density at radius 2 is 1.93 bits per heavy atom. The topological polar surface area (TPSA) is 85.1 Å². The molecule has 1 saturated carbocycles. The Labute approximate surface area is 161 Å². The molecule has 0 aliphatic heterocycles. The predicted molar refractivity (Wildman–Crippen MR) is 100 cm³/mol. The smallest absolute Gasteiger partial charge is 0.327 e. The molecular weight excluding hydrogens is 403 g/mol. The van der Waals surface area contributed by atoms with E-state index in [4.69, 9.17) is 5.73 Å². The normalized spacial score (nSPS) is 19.3. The number of anilines is 1. The molecule has 1 aromatic carbocycles. The van der Waals surface area contributed by atoms with Crippen LogP contribution in [0.5, 0.6) is 0 Å². The van der Waals surface area contributed by atoms with Gasteiger partial charge in [0.05, 0.1) is 17.0 Å². The van der Waals surface area contributed by atoms with Crippen LogP contribution in [-0.4, -0.2) is 25.2 Å². The molecule has 0 bridgehead atoms. The third kappa shape index (κ3) is 5.12. The SMILES string of the molecule is CCS(=O)(=O)Nc1cc(-c2ccc([C@@H]3C[C@H]3N)cn2)cc(C(F)(F)F)c1.Cl. The maximum Gasteiger partial charge on any atom is 0.416 e. The molecule has 0 radical (unpaired) electrons. The average Bonchev–Trinajstić information content (AvgIpc) is 3.30. The van der Waals surface area contributed by atoms with Crippen LogP contribution in [0.3, 0.4) is 0 Å². The molecule has 5 nitrogen and oxygen atoms in total. The highest BCUT2D eigenvalue weighted by molar-refractivity contribution is 7.92. The number of hydrogen-bond acceptors (Lipinski definition) is 4. The van der Waals surface area contributed by atoms with Crippen molar-refractivity contribution in [2.24, 2.45) is 5.73 Å². The number of alkyl halides is 3. The van der Waals surface area contributed by atoms with Gasteiger partial charge in [0.15, 0.2) is 0 Å². The van der Waals surface area contributed by atoms with Crippen LogP contribution in [-0.2, 0) is 16.2 Å². The summed E-state index contributed by atoms with van der Waals surface area (Å²) in [5, 5.41) is 0. The van der Waals surface area contributed by atoms with Crippen molar-refractivity contribution in [2.45, 2.75) is 31.5 Å². The summed E-state index contributed by atoms with van der Waals surface area (Å²) in [6.07, 6.45) is -2.14. The molecule has 1 aromatic heterocycles. The van der Waals surface area contributed by atoms with Crippen LogP contribution in [0.1, 0.15) is 30.4 Å². The van der Waals surface area contributed by atoms with Gasteiger partial charge in [-0.3, -0.25) is 9.71 Å². The number of nitrogens with one attached hydrogen (secondary N) is 1. The second-order valence-electron chi connectivity index (χ2n) is 6.29. The number of sulfonamides is 1. The standard InChI is InChI=1S/C17H18F3N3O2S.ClH/c1-2-26(24,25)23-13-6-11(5-12(7-13)17(18,19)20)16-4-3-10(9-22-16)14-8-15(14)21;/h3-7,9,14-15,23H,2,8,21H2,1H3;1H/t14-,15+;/m0./s1. The van der Waals surface area contributed by atoms with E-state index < -0.39 is 21.8 Å². The first-order valence-corrected chi connectivity index (χ1v) is 9.69. The molecule has 0 spiro atoms. The Morgan fingerprint density at radius 3 is 2.41 bits per heavy atom. The summed E-state index contributed by atoms with van der Waals surface area (Å²) in [5.41, 5.74) is 6.15. The van der Waals surface area contributed by atoms with Crippen molar-refractivity contribution in [1.29, 1.82) is 0 Å². The van der Waals surface area contributed by atoms with Crippen LogP contribution >= 0.6 is 12.4 Å². The number of nitrogens with two attached hydrogens (primary N) is 1. The first-order valence-electron chi connectivity index (χ1n) is 8.04. The van der Waals surface area contributed by atoms with Gasteiger partial charge in [-0.05, 0) is 43.2 Å². The minimum Gasteiger partial charge on any atom is -0.327 e. The van der Waals surface area contributed by atoms with E-state index in [0.717, 1.165) is 24.1 Å². The van der Waals surface area contributed by atoms with Crippen molar-refractivity contribution in [3.8, 4) is 11.3 Å². The number of hydrogen-bond donors (Lipinski definition) is 2. The van der Waals surface area contributed by atoms with Gasteiger partial charge in [0.2, 0.25) is 10.0 Å². The zero-order valence-corrected chi connectivity index (χ0v) is 16.0. The summed E-state index contributed by atoms with van der Waals surface area (Å²) >= 11 is 0. The molecule has 10 heteroatoms. The molecule has 2 aromatic rings. The second kappa shape index (κ2) is 7.65. The molecule has 1 aliphatic carbocycles. The fourth-order valence-electron chi connectivity index (χ4n) is 2.64. The summed E-state index contributed by atoms with van der Waals surface area (Å²) in [4.78, 5) is 4.23. The van der Waals surface area contributed by atoms with Crippen LogP contribution in [0.4, 0.5) is 18.9 Å². The van der Waals surface area contributed by atoms with Gasteiger partial charge in [-0.15, -0.1) is 12.4 Å². The lowest BCUT2D eigenvalue weighted by molar-refractivity contribution is -0.137. The maximum absolute atomic E-state index is 13.2. The number of pyridine rings is 1. The zero-order chi connectivity index (χ0) is 19.1. The van der Waals surface area contributed by atoms with E-state index in [9.17, 15) is 21.6 Å².